The van der Waals surface area contributed by atoms with Gasteiger partial charge in [0.25, 0.3) is 0 Å². The van der Waals surface area contributed by atoms with Crippen LogP contribution in [0, 0.1) is 0 Å². The smallest absolute Gasteiger partial charge is 0.312 e. The van der Waals surface area contributed by atoms with E-state index in [9.17, 15) is 18.0 Å². The van der Waals surface area contributed by atoms with Crippen LogP contribution in [-0.4, -0.2) is 21.5 Å². The molecule has 6 heteroatoms. The Morgan fingerprint density at radius 2 is 2.00 bits per heavy atom. The normalized spacial score (nSPS) is 12.0. The number of benzene rings is 1. The van der Waals surface area contributed by atoms with E-state index in [1.54, 1.807) is 18.2 Å². The minimum Gasteiger partial charge on any atom is -0.312 e. The second-order valence-electron chi connectivity index (χ2n) is 3.68. The van der Waals surface area contributed by atoms with Crippen molar-refractivity contribution in [3.8, 4) is 0 Å². The Morgan fingerprint density at radius 3 is 2.59 bits per heavy atom. The van der Waals surface area contributed by atoms with Gasteiger partial charge in [-0.05, 0) is 12.1 Å². The molecule has 0 aliphatic rings. The van der Waals surface area contributed by atoms with Crippen molar-refractivity contribution in [2.75, 3.05) is 0 Å². The first-order valence-corrected chi connectivity index (χ1v) is 4.91. The highest BCUT2D eigenvalue weighted by molar-refractivity contribution is 5.94. The lowest BCUT2D eigenvalue weighted by molar-refractivity contribution is -0.140. The van der Waals surface area contributed by atoms with Gasteiger partial charge < -0.3 is 4.57 Å². The number of carbonyl (C=O) groups excluding carboxylic acids is 1. The Morgan fingerprint density at radius 1 is 1.35 bits per heavy atom. The number of ketones is 1. The summed E-state index contributed by atoms with van der Waals surface area (Å²) in [6, 6.07) is 6.37. The maximum Gasteiger partial charge on any atom is 0.406 e. The predicted molar refractivity (Wildman–Crippen MR) is 55.8 cm³/mol. The van der Waals surface area contributed by atoms with Crippen molar-refractivity contribution in [1.82, 2.24) is 9.55 Å². The van der Waals surface area contributed by atoms with Crippen LogP contribution in [0.1, 0.15) is 17.5 Å². The summed E-state index contributed by atoms with van der Waals surface area (Å²) in [6.45, 7) is -0.00346. The van der Waals surface area contributed by atoms with Crippen molar-refractivity contribution in [3.05, 3.63) is 30.1 Å². The number of carbonyl (C=O) groups is 1. The van der Waals surface area contributed by atoms with Crippen LogP contribution in [0.25, 0.3) is 11.0 Å². The van der Waals surface area contributed by atoms with Crippen molar-refractivity contribution in [3.63, 3.8) is 0 Å². The van der Waals surface area contributed by atoms with Crippen molar-refractivity contribution in [2.45, 2.75) is 19.6 Å². The van der Waals surface area contributed by atoms with Gasteiger partial charge in [0.2, 0.25) is 0 Å². The van der Waals surface area contributed by atoms with E-state index in [2.05, 4.69) is 4.98 Å². The Labute approximate surface area is 94.9 Å². The molecule has 2 rings (SSSR count). The molecule has 0 saturated heterocycles. The van der Waals surface area contributed by atoms with Crippen LogP contribution in [-0.2, 0) is 6.54 Å². The molecule has 3 nitrogen and oxygen atoms in total. The minimum atomic E-state index is -4.38. The number of nitrogens with zero attached hydrogens (tertiary/aromatic N) is 2. The number of para-hydroxylation sites is 2. The SMILES string of the molecule is CC(=O)c1nc2ccccc2n1CC(F)(F)F. The van der Waals surface area contributed by atoms with Gasteiger partial charge in [0.1, 0.15) is 6.54 Å². The molecule has 0 N–H and O–H groups in total. The highest BCUT2D eigenvalue weighted by Gasteiger charge is 2.30. The number of hydrogen-bond donors (Lipinski definition) is 0. The van der Waals surface area contributed by atoms with Gasteiger partial charge in [0.15, 0.2) is 11.6 Å². The molecular weight excluding hydrogens is 233 g/mol. The van der Waals surface area contributed by atoms with E-state index >= 15 is 0 Å². The third-order valence-electron chi connectivity index (χ3n) is 2.31. The highest BCUT2D eigenvalue weighted by atomic mass is 19.4. The van der Waals surface area contributed by atoms with Gasteiger partial charge in [-0.1, -0.05) is 12.1 Å². The Bertz CT molecular complexity index is 572. The third kappa shape index (κ3) is 2.30. The molecule has 0 aliphatic carbocycles. The fraction of sp³-hybridized carbons (Fsp3) is 0.273. The van der Waals surface area contributed by atoms with Gasteiger partial charge >= 0.3 is 6.18 Å². The Kier molecular flexibility index (Phi) is 2.65. The monoisotopic (exact) mass is 242 g/mol. The van der Waals surface area contributed by atoms with E-state index in [-0.39, 0.29) is 5.82 Å². The molecule has 90 valence electrons. The molecule has 2 aromatic rings. The van der Waals surface area contributed by atoms with Crippen LogP contribution in [0.2, 0.25) is 0 Å². The first-order valence-electron chi connectivity index (χ1n) is 4.91. The third-order valence-corrected chi connectivity index (χ3v) is 2.31. The number of aromatic nitrogens is 2. The highest BCUT2D eigenvalue weighted by Crippen LogP contribution is 2.23. The zero-order valence-electron chi connectivity index (χ0n) is 8.95. The molecule has 0 radical (unpaired) electrons. The first-order chi connectivity index (χ1) is 7.88. The second-order valence-corrected chi connectivity index (χ2v) is 3.68. The summed E-state index contributed by atoms with van der Waals surface area (Å²) in [5.74, 6) is -0.644. The number of halogens is 3. The summed E-state index contributed by atoms with van der Waals surface area (Å²) in [5.41, 5.74) is 0.706. The van der Waals surface area contributed by atoms with E-state index in [1.807, 2.05) is 0 Å². The fourth-order valence-corrected chi connectivity index (χ4v) is 1.68. The molecule has 0 unspecified atom stereocenters. The van der Waals surface area contributed by atoms with Gasteiger partial charge in [0, 0.05) is 6.92 Å². The number of Topliss-reactive ketones (excluding diaryl/α,β-unsaturated/α-hetero) is 1. The minimum absolute atomic E-state index is 0.163. The summed E-state index contributed by atoms with van der Waals surface area (Å²) in [6.07, 6.45) is -4.38. The molecule has 0 fully saturated rings. The quantitative estimate of drug-likeness (QED) is 0.759. The Hall–Kier alpha value is -1.85. The largest absolute Gasteiger partial charge is 0.406 e. The maximum absolute atomic E-state index is 12.4. The zero-order valence-corrected chi connectivity index (χ0v) is 8.95. The van der Waals surface area contributed by atoms with Gasteiger partial charge in [-0.3, -0.25) is 4.79 Å². The van der Waals surface area contributed by atoms with E-state index in [4.69, 9.17) is 0 Å². The van der Waals surface area contributed by atoms with Crippen molar-refractivity contribution >= 4 is 16.8 Å². The number of alkyl halides is 3. The van der Waals surface area contributed by atoms with Gasteiger partial charge in [-0.2, -0.15) is 13.2 Å². The zero-order chi connectivity index (χ0) is 12.6. The average Bonchev–Trinajstić information content (AvgIpc) is 2.55. The lowest BCUT2D eigenvalue weighted by atomic mass is 10.3. The number of imidazole rings is 1. The Balaban J connectivity index is 2.64. The molecule has 17 heavy (non-hydrogen) atoms. The molecular formula is C11H9F3N2O. The first kappa shape index (κ1) is 11.6. The van der Waals surface area contributed by atoms with Crippen LogP contribution in [0.5, 0.6) is 0 Å². The van der Waals surface area contributed by atoms with E-state index < -0.39 is 18.5 Å². The standard InChI is InChI=1S/C11H9F3N2O/c1-7(17)10-15-8-4-2-3-5-9(8)16(10)6-11(12,13)14/h2-5H,6H2,1H3. The summed E-state index contributed by atoms with van der Waals surface area (Å²) in [7, 11) is 0. The number of rotatable bonds is 2. The summed E-state index contributed by atoms with van der Waals surface area (Å²) in [4.78, 5) is 15.2. The fourth-order valence-electron chi connectivity index (χ4n) is 1.68. The molecule has 1 aromatic carbocycles. The summed E-state index contributed by atoms with van der Waals surface area (Å²) >= 11 is 0. The van der Waals surface area contributed by atoms with Crippen molar-refractivity contribution < 1.29 is 18.0 Å². The van der Waals surface area contributed by atoms with Crippen LogP contribution in [0.3, 0.4) is 0 Å². The van der Waals surface area contributed by atoms with Crippen LogP contribution >= 0.6 is 0 Å². The topological polar surface area (TPSA) is 34.9 Å². The lowest BCUT2D eigenvalue weighted by Gasteiger charge is -2.10. The van der Waals surface area contributed by atoms with Gasteiger partial charge in [-0.15, -0.1) is 0 Å². The van der Waals surface area contributed by atoms with Crippen LogP contribution in [0.15, 0.2) is 24.3 Å². The molecule has 0 atom stereocenters. The lowest BCUT2D eigenvalue weighted by Crippen LogP contribution is -2.20. The number of hydrogen-bond acceptors (Lipinski definition) is 2. The second kappa shape index (κ2) is 3.87. The molecule has 0 spiro atoms. The predicted octanol–water partition coefficient (Wildman–Crippen LogP) is 2.80. The van der Waals surface area contributed by atoms with E-state index in [0.717, 1.165) is 4.57 Å². The van der Waals surface area contributed by atoms with Crippen LogP contribution < -0.4 is 0 Å². The van der Waals surface area contributed by atoms with Gasteiger partial charge in [-0.25, -0.2) is 4.98 Å². The van der Waals surface area contributed by atoms with Crippen LogP contribution in [0.4, 0.5) is 13.2 Å². The van der Waals surface area contributed by atoms with E-state index in [0.29, 0.717) is 11.0 Å². The summed E-state index contributed by atoms with van der Waals surface area (Å²) < 4.78 is 38.2. The average molecular weight is 242 g/mol. The number of fused-ring (bicyclic) bond motifs is 1. The van der Waals surface area contributed by atoms with Crippen molar-refractivity contribution in [1.29, 1.82) is 0 Å². The summed E-state index contributed by atoms with van der Waals surface area (Å²) in [5, 5.41) is 0. The van der Waals surface area contributed by atoms with Gasteiger partial charge in [0.05, 0.1) is 11.0 Å². The molecule has 0 bridgehead atoms. The molecule has 1 heterocycles. The molecule has 1 aromatic heterocycles. The molecule has 0 aliphatic heterocycles. The molecule has 0 amide bonds. The maximum atomic E-state index is 12.4. The molecule has 0 saturated carbocycles. The van der Waals surface area contributed by atoms with E-state index in [1.165, 1.54) is 13.0 Å². The van der Waals surface area contributed by atoms with Crippen molar-refractivity contribution in [2.24, 2.45) is 0 Å².